The molecule has 4 nitrogen and oxygen atoms in total. The first-order valence-corrected chi connectivity index (χ1v) is 6.08. The van der Waals surface area contributed by atoms with Crippen LogP contribution in [0.15, 0.2) is 35.4 Å². The average molecular weight is 224 g/mol. The van der Waals surface area contributed by atoms with Crippen LogP contribution in [0.1, 0.15) is 5.56 Å². The maximum atomic E-state index is 11.2. The molecule has 1 aliphatic heterocycles. The Morgan fingerprint density at radius 3 is 2.80 bits per heavy atom. The van der Waals surface area contributed by atoms with Gasteiger partial charge in [-0.3, -0.25) is 0 Å². The Morgan fingerprint density at radius 1 is 1.40 bits per heavy atom. The van der Waals surface area contributed by atoms with Crippen LogP contribution in [0.2, 0.25) is 0 Å². The minimum absolute atomic E-state index is 0.156. The summed E-state index contributed by atoms with van der Waals surface area (Å²) in [7, 11) is -1.73. The molecule has 5 heteroatoms. The molecule has 15 heavy (non-hydrogen) atoms. The van der Waals surface area contributed by atoms with E-state index in [2.05, 4.69) is 0 Å². The van der Waals surface area contributed by atoms with Gasteiger partial charge in [-0.15, -0.1) is 0 Å². The van der Waals surface area contributed by atoms with Crippen molar-refractivity contribution in [3.63, 3.8) is 0 Å². The van der Waals surface area contributed by atoms with Crippen LogP contribution >= 0.6 is 0 Å². The van der Waals surface area contributed by atoms with Crippen LogP contribution in [-0.4, -0.2) is 15.5 Å². The highest BCUT2D eigenvalue weighted by molar-refractivity contribution is 7.89. The van der Waals surface area contributed by atoms with Gasteiger partial charge in [0.25, 0.3) is 0 Å². The lowest BCUT2D eigenvalue weighted by molar-refractivity contribution is 0.598. The summed E-state index contributed by atoms with van der Waals surface area (Å²) in [5.74, 6) is 0. The number of primary sulfonamides is 1. The zero-order valence-electron chi connectivity index (χ0n) is 8.34. The van der Waals surface area contributed by atoms with Crippen molar-refractivity contribution in [1.29, 1.82) is 0 Å². The largest absolute Gasteiger partial charge is 0.351 e. The standard InChI is InChI=1S/C10H12N2O2S/c1-12-6-2-3-8-4-5-9(7-10(8)12)15(11,13)14/h2,4-7H,3H2,1H3,(H2,11,13,14). The van der Waals surface area contributed by atoms with E-state index in [0.29, 0.717) is 0 Å². The number of nitrogens with zero attached hydrogens (tertiary/aromatic N) is 1. The molecular formula is C10H12N2O2S. The number of hydrogen-bond donors (Lipinski definition) is 1. The number of sulfonamides is 1. The first-order valence-electron chi connectivity index (χ1n) is 4.54. The summed E-state index contributed by atoms with van der Waals surface area (Å²) in [6.45, 7) is 0. The summed E-state index contributed by atoms with van der Waals surface area (Å²) >= 11 is 0. The van der Waals surface area contributed by atoms with E-state index < -0.39 is 10.0 Å². The Labute approximate surface area is 89.1 Å². The zero-order chi connectivity index (χ0) is 11.1. The summed E-state index contributed by atoms with van der Waals surface area (Å²) < 4.78 is 22.3. The molecule has 1 aromatic carbocycles. The van der Waals surface area contributed by atoms with E-state index >= 15 is 0 Å². The molecule has 1 aliphatic rings. The number of benzene rings is 1. The predicted molar refractivity (Wildman–Crippen MR) is 59.1 cm³/mol. The molecule has 1 aromatic rings. The lowest BCUT2D eigenvalue weighted by Gasteiger charge is -2.22. The van der Waals surface area contributed by atoms with Crippen molar-refractivity contribution < 1.29 is 8.42 Å². The van der Waals surface area contributed by atoms with E-state index in [1.54, 1.807) is 18.2 Å². The highest BCUT2D eigenvalue weighted by Crippen LogP contribution is 2.27. The van der Waals surface area contributed by atoms with Crippen LogP contribution in [-0.2, 0) is 16.4 Å². The summed E-state index contributed by atoms with van der Waals surface area (Å²) in [5.41, 5.74) is 2.00. The molecule has 0 saturated heterocycles. The second-order valence-corrected chi connectivity index (χ2v) is 5.10. The Balaban J connectivity index is 2.56. The number of hydrogen-bond acceptors (Lipinski definition) is 3. The van der Waals surface area contributed by atoms with Crippen molar-refractivity contribution in [1.82, 2.24) is 0 Å². The number of fused-ring (bicyclic) bond motifs is 1. The molecular weight excluding hydrogens is 212 g/mol. The summed E-state index contributed by atoms with van der Waals surface area (Å²) in [5, 5.41) is 5.07. The third kappa shape index (κ3) is 1.88. The van der Waals surface area contributed by atoms with E-state index in [0.717, 1.165) is 17.7 Å². The van der Waals surface area contributed by atoms with Gasteiger partial charge < -0.3 is 4.90 Å². The van der Waals surface area contributed by atoms with Gasteiger partial charge in [0.15, 0.2) is 0 Å². The van der Waals surface area contributed by atoms with E-state index in [9.17, 15) is 8.42 Å². The fourth-order valence-electron chi connectivity index (χ4n) is 1.64. The second kappa shape index (κ2) is 3.36. The quantitative estimate of drug-likeness (QED) is 0.768. The van der Waals surface area contributed by atoms with Crippen molar-refractivity contribution in [3.05, 3.63) is 36.0 Å². The van der Waals surface area contributed by atoms with Crippen molar-refractivity contribution in [2.24, 2.45) is 5.14 Å². The molecule has 0 atom stereocenters. The number of anilines is 1. The first-order chi connectivity index (χ1) is 6.98. The topological polar surface area (TPSA) is 63.4 Å². The van der Waals surface area contributed by atoms with Crippen LogP contribution in [0.25, 0.3) is 0 Å². The number of allylic oxidation sites excluding steroid dienone is 1. The van der Waals surface area contributed by atoms with Crippen molar-refractivity contribution in [2.45, 2.75) is 11.3 Å². The normalized spacial score (nSPS) is 15.2. The van der Waals surface area contributed by atoms with Crippen molar-refractivity contribution >= 4 is 15.7 Å². The van der Waals surface area contributed by atoms with Gasteiger partial charge in [0, 0.05) is 18.9 Å². The van der Waals surface area contributed by atoms with Crippen LogP contribution in [0, 0.1) is 0 Å². The Morgan fingerprint density at radius 2 is 2.13 bits per heavy atom. The zero-order valence-corrected chi connectivity index (χ0v) is 9.16. The third-order valence-corrected chi connectivity index (χ3v) is 3.34. The molecule has 80 valence electrons. The maximum Gasteiger partial charge on any atom is 0.238 e. The second-order valence-electron chi connectivity index (χ2n) is 3.54. The third-order valence-electron chi connectivity index (χ3n) is 2.43. The summed E-state index contributed by atoms with van der Waals surface area (Å²) in [4.78, 5) is 2.04. The fourth-order valence-corrected chi connectivity index (χ4v) is 2.17. The minimum atomic E-state index is -3.61. The van der Waals surface area contributed by atoms with E-state index in [1.807, 2.05) is 24.2 Å². The summed E-state index contributed by atoms with van der Waals surface area (Å²) in [6, 6.07) is 4.95. The fraction of sp³-hybridized carbons (Fsp3) is 0.200. The van der Waals surface area contributed by atoms with Gasteiger partial charge in [0.05, 0.1) is 4.90 Å². The Hall–Kier alpha value is -1.33. The van der Waals surface area contributed by atoms with E-state index in [1.165, 1.54) is 0 Å². The van der Waals surface area contributed by atoms with Gasteiger partial charge in [0.2, 0.25) is 10.0 Å². The molecule has 0 unspecified atom stereocenters. The van der Waals surface area contributed by atoms with Gasteiger partial charge in [-0.05, 0) is 24.1 Å². The van der Waals surface area contributed by atoms with Crippen LogP contribution < -0.4 is 10.0 Å². The number of nitrogens with two attached hydrogens (primary N) is 1. The van der Waals surface area contributed by atoms with Gasteiger partial charge >= 0.3 is 0 Å². The number of rotatable bonds is 1. The molecule has 0 aliphatic carbocycles. The van der Waals surface area contributed by atoms with Crippen LogP contribution in [0.4, 0.5) is 5.69 Å². The van der Waals surface area contributed by atoms with Crippen LogP contribution in [0.5, 0.6) is 0 Å². The van der Waals surface area contributed by atoms with Gasteiger partial charge in [-0.25, -0.2) is 13.6 Å². The molecule has 0 spiro atoms. The van der Waals surface area contributed by atoms with E-state index in [4.69, 9.17) is 5.14 Å². The average Bonchev–Trinajstić information content (AvgIpc) is 2.16. The molecule has 0 radical (unpaired) electrons. The first kappa shape index (κ1) is 10.2. The molecule has 0 bridgehead atoms. The lowest BCUT2D eigenvalue weighted by atomic mass is 10.1. The molecule has 2 rings (SSSR count). The molecule has 2 N–H and O–H groups in total. The molecule has 0 aromatic heterocycles. The highest BCUT2D eigenvalue weighted by atomic mass is 32.2. The SMILES string of the molecule is CN1C=CCc2ccc(S(N)(=O)=O)cc21. The maximum absolute atomic E-state index is 11.2. The van der Waals surface area contributed by atoms with Crippen LogP contribution in [0.3, 0.4) is 0 Å². The lowest BCUT2D eigenvalue weighted by Crippen LogP contribution is -2.17. The molecule has 1 heterocycles. The smallest absolute Gasteiger partial charge is 0.238 e. The van der Waals surface area contributed by atoms with Gasteiger partial charge in [-0.1, -0.05) is 12.1 Å². The minimum Gasteiger partial charge on any atom is -0.351 e. The highest BCUT2D eigenvalue weighted by Gasteiger charge is 2.14. The monoisotopic (exact) mass is 224 g/mol. The summed E-state index contributed by atoms with van der Waals surface area (Å²) in [6.07, 6.45) is 4.76. The van der Waals surface area contributed by atoms with Gasteiger partial charge in [-0.2, -0.15) is 0 Å². The predicted octanol–water partition coefficient (Wildman–Crippen LogP) is 0.840. The Bertz CT molecular complexity index is 520. The molecule has 0 amide bonds. The molecule has 0 saturated carbocycles. The molecule has 0 fully saturated rings. The van der Waals surface area contributed by atoms with E-state index in [-0.39, 0.29) is 4.90 Å². The Kier molecular flexibility index (Phi) is 2.28. The van der Waals surface area contributed by atoms with Gasteiger partial charge in [0.1, 0.15) is 0 Å². The van der Waals surface area contributed by atoms with Crippen molar-refractivity contribution in [2.75, 3.05) is 11.9 Å². The van der Waals surface area contributed by atoms with Crippen molar-refractivity contribution in [3.8, 4) is 0 Å².